The standard InChI is InChI=1S/C11H13O.3CH3.Sn/c1-10(12)6-5-9-11-7-3-2-4-8-11;;;;/h2-5,7-8,10,12H,9H2,1H3;3*1H3;. The first-order chi connectivity index (χ1) is 7.41. The van der Waals surface area contributed by atoms with Crippen molar-refractivity contribution >= 4 is 18.4 Å². The molecule has 0 heterocycles. The number of aliphatic hydroxyl groups is 1. The van der Waals surface area contributed by atoms with E-state index in [1.165, 1.54) is 9.15 Å². The maximum absolute atomic E-state index is 9.81. The molecule has 1 nitrogen and oxygen atoms in total. The normalized spacial score (nSPS) is 14.9. The monoisotopic (exact) mass is 326 g/mol. The van der Waals surface area contributed by atoms with E-state index in [1.54, 1.807) is 0 Å². The Kier molecular flexibility index (Phi) is 5.06. The zero-order valence-electron chi connectivity index (χ0n) is 10.7. The quantitative estimate of drug-likeness (QED) is 0.841. The van der Waals surface area contributed by atoms with E-state index in [2.05, 4.69) is 45.2 Å². The predicted molar refractivity (Wildman–Crippen MR) is 73.3 cm³/mol. The molecule has 0 aliphatic carbocycles. The fraction of sp³-hybridized carbons (Fsp3) is 0.429. The molecule has 0 aliphatic heterocycles. The molecule has 88 valence electrons. The van der Waals surface area contributed by atoms with Gasteiger partial charge in [0.1, 0.15) is 0 Å². The van der Waals surface area contributed by atoms with Crippen LogP contribution in [0.3, 0.4) is 0 Å². The second-order valence-corrected chi connectivity index (χ2v) is 19.8. The van der Waals surface area contributed by atoms with Crippen molar-refractivity contribution in [2.75, 3.05) is 0 Å². The van der Waals surface area contributed by atoms with Gasteiger partial charge in [0.05, 0.1) is 0 Å². The van der Waals surface area contributed by atoms with Crippen LogP contribution in [0.1, 0.15) is 12.5 Å². The number of hydrogen-bond acceptors (Lipinski definition) is 1. The summed E-state index contributed by atoms with van der Waals surface area (Å²) in [5.41, 5.74) is 1.32. The Morgan fingerprint density at radius 1 is 1.25 bits per heavy atom. The third kappa shape index (κ3) is 4.30. The Balaban J connectivity index is 2.81. The van der Waals surface area contributed by atoms with Crippen molar-refractivity contribution in [2.24, 2.45) is 0 Å². The van der Waals surface area contributed by atoms with E-state index in [-0.39, 0.29) is 6.10 Å². The van der Waals surface area contributed by atoms with E-state index in [1.807, 2.05) is 13.0 Å². The van der Waals surface area contributed by atoms with Gasteiger partial charge in [-0.05, 0) is 0 Å². The van der Waals surface area contributed by atoms with Crippen LogP contribution in [0, 0.1) is 0 Å². The van der Waals surface area contributed by atoms with Crippen LogP contribution < -0.4 is 0 Å². The molecule has 2 heteroatoms. The van der Waals surface area contributed by atoms with E-state index < -0.39 is 18.4 Å². The summed E-state index contributed by atoms with van der Waals surface area (Å²) in [5.74, 6) is 0. The van der Waals surface area contributed by atoms with Crippen molar-refractivity contribution in [3.63, 3.8) is 0 Å². The second-order valence-electron chi connectivity index (χ2n) is 5.28. The molecule has 0 amide bonds. The van der Waals surface area contributed by atoms with Crippen LogP contribution in [0.2, 0.25) is 14.8 Å². The fourth-order valence-electron chi connectivity index (χ4n) is 1.95. The maximum atomic E-state index is 9.81. The molecular weight excluding hydrogens is 303 g/mol. The molecule has 0 radical (unpaired) electrons. The summed E-state index contributed by atoms with van der Waals surface area (Å²) in [7, 11) is 0. The van der Waals surface area contributed by atoms with Crippen LogP contribution in [0.25, 0.3) is 0 Å². The summed E-state index contributed by atoms with van der Waals surface area (Å²) in [6, 6.07) is 10.4. The Bertz CT molecular complexity index is 347. The number of benzene rings is 1. The molecule has 0 saturated heterocycles. The van der Waals surface area contributed by atoms with Crippen molar-refractivity contribution in [3.8, 4) is 0 Å². The average Bonchev–Trinajstić information content (AvgIpc) is 2.17. The molecule has 1 atom stereocenters. The van der Waals surface area contributed by atoms with E-state index >= 15 is 0 Å². The molecule has 0 saturated carbocycles. The SMILES string of the molecule is CC(O)/[C](=C/Cc1ccccc1)[Sn]([CH3])([CH3])[CH3]. The van der Waals surface area contributed by atoms with Crippen molar-refractivity contribution in [3.05, 3.63) is 45.6 Å². The minimum absolute atomic E-state index is 0.278. The zero-order valence-corrected chi connectivity index (χ0v) is 13.5. The van der Waals surface area contributed by atoms with E-state index in [0.717, 1.165) is 6.42 Å². The van der Waals surface area contributed by atoms with Gasteiger partial charge in [-0.1, -0.05) is 0 Å². The first kappa shape index (κ1) is 13.8. The van der Waals surface area contributed by atoms with E-state index in [0.29, 0.717) is 0 Å². The summed E-state index contributed by atoms with van der Waals surface area (Å²) in [5, 5.41) is 9.81. The van der Waals surface area contributed by atoms with Gasteiger partial charge in [-0.3, -0.25) is 0 Å². The number of aliphatic hydroxyl groups excluding tert-OH is 1. The van der Waals surface area contributed by atoms with Crippen LogP contribution in [0.15, 0.2) is 40.0 Å². The fourth-order valence-corrected chi connectivity index (χ4v) is 7.56. The first-order valence-corrected chi connectivity index (χ1v) is 15.8. The summed E-state index contributed by atoms with van der Waals surface area (Å²) < 4.78 is 1.32. The van der Waals surface area contributed by atoms with Crippen LogP contribution >= 0.6 is 0 Å². The molecule has 0 aromatic heterocycles. The van der Waals surface area contributed by atoms with Gasteiger partial charge in [0.2, 0.25) is 0 Å². The van der Waals surface area contributed by atoms with E-state index in [4.69, 9.17) is 0 Å². The number of hydrogen-bond donors (Lipinski definition) is 1. The molecule has 1 unspecified atom stereocenters. The molecule has 0 bridgehead atoms. The Hall–Kier alpha value is -0.281. The second kappa shape index (κ2) is 5.87. The van der Waals surface area contributed by atoms with Gasteiger partial charge in [-0.15, -0.1) is 0 Å². The molecule has 0 spiro atoms. The van der Waals surface area contributed by atoms with Gasteiger partial charge in [0.15, 0.2) is 0 Å². The van der Waals surface area contributed by atoms with Gasteiger partial charge < -0.3 is 0 Å². The third-order valence-corrected chi connectivity index (χ3v) is 9.44. The van der Waals surface area contributed by atoms with Crippen LogP contribution in [-0.4, -0.2) is 29.6 Å². The molecule has 1 aromatic rings. The van der Waals surface area contributed by atoms with Gasteiger partial charge in [0, 0.05) is 0 Å². The Labute approximate surface area is 103 Å². The van der Waals surface area contributed by atoms with E-state index in [9.17, 15) is 5.11 Å². The molecule has 16 heavy (non-hydrogen) atoms. The van der Waals surface area contributed by atoms with Crippen LogP contribution in [0.5, 0.6) is 0 Å². The molecule has 0 aliphatic rings. The summed E-state index contributed by atoms with van der Waals surface area (Å²) in [6.07, 6.45) is 2.91. The summed E-state index contributed by atoms with van der Waals surface area (Å²) >= 11 is -2.12. The van der Waals surface area contributed by atoms with Crippen LogP contribution in [0.4, 0.5) is 0 Å². The summed E-state index contributed by atoms with van der Waals surface area (Å²) in [6.45, 7) is 1.89. The molecule has 1 aromatic carbocycles. The topological polar surface area (TPSA) is 20.2 Å². The van der Waals surface area contributed by atoms with Gasteiger partial charge in [-0.2, -0.15) is 0 Å². The Morgan fingerprint density at radius 3 is 2.25 bits per heavy atom. The molecule has 1 N–H and O–H groups in total. The third-order valence-electron chi connectivity index (χ3n) is 2.72. The Morgan fingerprint density at radius 2 is 1.81 bits per heavy atom. The molecule has 1 rings (SSSR count). The first-order valence-electron chi connectivity index (χ1n) is 5.84. The molecule has 0 fully saturated rings. The average molecular weight is 325 g/mol. The predicted octanol–water partition coefficient (Wildman–Crippen LogP) is 3.41. The van der Waals surface area contributed by atoms with Gasteiger partial charge in [-0.25, -0.2) is 0 Å². The van der Waals surface area contributed by atoms with Crippen LogP contribution in [-0.2, 0) is 6.42 Å². The van der Waals surface area contributed by atoms with Gasteiger partial charge in [0.25, 0.3) is 0 Å². The van der Waals surface area contributed by atoms with Gasteiger partial charge >= 0.3 is 103 Å². The van der Waals surface area contributed by atoms with Crippen molar-refractivity contribution in [1.82, 2.24) is 0 Å². The minimum atomic E-state index is -2.12. The van der Waals surface area contributed by atoms with Crippen molar-refractivity contribution in [2.45, 2.75) is 34.3 Å². The molecular formula is C14H22OSn. The van der Waals surface area contributed by atoms with Crippen molar-refractivity contribution < 1.29 is 5.11 Å². The zero-order chi connectivity index (χ0) is 12.2. The summed E-state index contributed by atoms with van der Waals surface area (Å²) in [4.78, 5) is 7.04. The van der Waals surface area contributed by atoms with Crippen molar-refractivity contribution in [1.29, 1.82) is 0 Å². The number of rotatable bonds is 4. The number of allylic oxidation sites excluding steroid dienone is 1.